The Kier molecular flexibility index (Phi) is 9.06. The van der Waals surface area contributed by atoms with Gasteiger partial charge in [0.2, 0.25) is 0 Å². The Morgan fingerprint density at radius 2 is 1.64 bits per heavy atom. The fourth-order valence-electron chi connectivity index (χ4n) is 3.72. The zero-order chi connectivity index (χ0) is 17.5. The van der Waals surface area contributed by atoms with E-state index >= 15 is 0 Å². The average molecular weight is 314 g/mol. The molecule has 0 rings (SSSR count). The predicted octanol–water partition coefficient (Wildman–Crippen LogP) is 4.20. The summed E-state index contributed by atoms with van der Waals surface area (Å²) in [5, 5.41) is 2.88. The van der Waals surface area contributed by atoms with E-state index in [4.69, 9.17) is 5.73 Å². The van der Waals surface area contributed by atoms with Gasteiger partial charge in [0.1, 0.15) is 0 Å². The number of primary amides is 1. The first-order chi connectivity index (χ1) is 10.1. The highest BCUT2D eigenvalue weighted by molar-refractivity contribution is 5.71. The fraction of sp³-hybridized carbons (Fsp3) is 0.944. The topological polar surface area (TPSA) is 58.4 Å². The van der Waals surface area contributed by atoms with Gasteiger partial charge in [-0.05, 0) is 50.5 Å². The summed E-state index contributed by atoms with van der Waals surface area (Å²) in [6, 6.07) is -0.447. The molecule has 22 heavy (non-hydrogen) atoms. The van der Waals surface area contributed by atoms with Crippen molar-refractivity contribution >= 4 is 6.03 Å². The summed E-state index contributed by atoms with van der Waals surface area (Å²) in [4.78, 5) is 13.7. The molecule has 0 spiro atoms. The van der Waals surface area contributed by atoms with Gasteiger partial charge in [-0.3, -0.25) is 4.90 Å². The van der Waals surface area contributed by atoms with E-state index in [1.54, 1.807) is 0 Å². The van der Waals surface area contributed by atoms with E-state index in [1.165, 1.54) is 6.42 Å². The van der Waals surface area contributed by atoms with Crippen LogP contribution in [0, 0.1) is 17.8 Å². The number of rotatable bonds is 10. The third-order valence-corrected chi connectivity index (χ3v) is 4.72. The number of nitrogens with one attached hydrogen (secondary N) is 1. The SMILES string of the molecule is CCN(C(C)NC(N)=O)C(CCC(C)C)(CC(C)C)C(C)C. The third-order valence-electron chi connectivity index (χ3n) is 4.72. The molecular weight excluding hydrogens is 274 g/mol. The number of hydrogen-bond donors (Lipinski definition) is 2. The number of carbonyl (C=O) groups is 1. The first-order valence-electron chi connectivity index (χ1n) is 8.89. The molecule has 0 aromatic heterocycles. The lowest BCUT2D eigenvalue weighted by Crippen LogP contribution is -2.61. The minimum Gasteiger partial charge on any atom is -0.352 e. The first-order valence-corrected chi connectivity index (χ1v) is 8.89. The van der Waals surface area contributed by atoms with Crippen LogP contribution in [0.3, 0.4) is 0 Å². The summed E-state index contributed by atoms with van der Waals surface area (Å²) in [5.74, 6) is 1.82. The highest BCUT2D eigenvalue weighted by Gasteiger charge is 2.41. The second-order valence-electron chi connectivity index (χ2n) is 7.76. The lowest BCUT2D eigenvalue weighted by Gasteiger charge is -2.51. The molecule has 0 aliphatic heterocycles. The molecule has 132 valence electrons. The van der Waals surface area contributed by atoms with Crippen LogP contribution < -0.4 is 11.1 Å². The largest absolute Gasteiger partial charge is 0.352 e. The lowest BCUT2D eigenvalue weighted by molar-refractivity contribution is -0.0170. The molecular formula is C18H39N3O. The smallest absolute Gasteiger partial charge is 0.313 e. The van der Waals surface area contributed by atoms with Crippen LogP contribution in [0.15, 0.2) is 0 Å². The summed E-state index contributed by atoms with van der Waals surface area (Å²) < 4.78 is 0. The molecule has 0 aliphatic rings. The van der Waals surface area contributed by atoms with E-state index in [-0.39, 0.29) is 11.7 Å². The monoisotopic (exact) mass is 313 g/mol. The van der Waals surface area contributed by atoms with Gasteiger partial charge < -0.3 is 11.1 Å². The Bertz CT molecular complexity index is 328. The zero-order valence-electron chi connectivity index (χ0n) is 16.1. The Morgan fingerprint density at radius 1 is 1.09 bits per heavy atom. The predicted molar refractivity (Wildman–Crippen MR) is 95.7 cm³/mol. The maximum Gasteiger partial charge on any atom is 0.313 e. The number of urea groups is 1. The van der Waals surface area contributed by atoms with E-state index in [0.29, 0.717) is 17.8 Å². The van der Waals surface area contributed by atoms with Crippen LogP contribution >= 0.6 is 0 Å². The second kappa shape index (κ2) is 9.39. The Balaban J connectivity index is 5.57. The quantitative estimate of drug-likeness (QED) is 0.594. The molecule has 0 aromatic carbocycles. The fourth-order valence-corrected chi connectivity index (χ4v) is 3.72. The molecule has 0 bridgehead atoms. The van der Waals surface area contributed by atoms with Crippen molar-refractivity contribution in [3.63, 3.8) is 0 Å². The van der Waals surface area contributed by atoms with E-state index in [0.717, 1.165) is 19.4 Å². The number of nitrogens with zero attached hydrogens (tertiary/aromatic N) is 1. The molecule has 3 N–H and O–H groups in total. The molecule has 4 heteroatoms. The molecule has 4 nitrogen and oxygen atoms in total. The molecule has 0 radical (unpaired) electrons. The Hall–Kier alpha value is -0.770. The van der Waals surface area contributed by atoms with Gasteiger partial charge in [0.05, 0.1) is 6.17 Å². The van der Waals surface area contributed by atoms with Crippen LogP contribution in [0.4, 0.5) is 4.79 Å². The number of carbonyl (C=O) groups excluding carboxylic acids is 1. The number of hydrogen-bond acceptors (Lipinski definition) is 2. The summed E-state index contributed by atoms with van der Waals surface area (Å²) >= 11 is 0. The van der Waals surface area contributed by atoms with Crippen LogP contribution in [-0.2, 0) is 0 Å². The molecule has 0 saturated heterocycles. The minimum atomic E-state index is -0.447. The average Bonchev–Trinajstić information content (AvgIpc) is 2.34. The summed E-state index contributed by atoms with van der Waals surface area (Å²) in [5.41, 5.74) is 5.44. The van der Waals surface area contributed by atoms with Gasteiger partial charge in [-0.1, -0.05) is 48.5 Å². The van der Waals surface area contributed by atoms with Crippen molar-refractivity contribution in [2.45, 2.75) is 86.4 Å². The van der Waals surface area contributed by atoms with Gasteiger partial charge in [0.25, 0.3) is 0 Å². The molecule has 0 saturated carbocycles. The van der Waals surface area contributed by atoms with Crippen molar-refractivity contribution < 1.29 is 4.79 Å². The van der Waals surface area contributed by atoms with Crippen molar-refractivity contribution in [3.05, 3.63) is 0 Å². The maximum absolute atomic E-state index is 11.3. The van der Waals surface area contributed by atoms with Crippen molar-refractivity contribution in [2.24, 2.45) is 23.5 Å². The third kappa shape index (κ3) is 6.15. The second-order valence-corrected chi connectivity index (χ2v) is 7.76. The minimum absolute atomic E-state index is 0.0455. The molecule has 0 aliphatic carbocycles. The summed E-state index contributed by atoms with van der Waals surface area (Å²) in [6.07, 6.45) is 3.44. The van der Waals surface area contributed by atoms with E-state index < -0.39 is 6.03 Å². The first kappa shape index (κ1) is 21.2. The van der Waals surface area contributed by atoms with E-state index in [2.05, 4.69) is 58.7 Å². The highest BCUT2D eigenvalue weighted by Crippen LogP contribution is 2.38. The normalized spacial score (nSPS) is 16.4. The standard InChI is InChI=1S/C18H39N3O/c1-9-21(16(8)20-17(19)22)18(15(6)7,12-14(4)5)11-10-13(2)3/h13-16H,9-12H2,1-8H3,(H3,19,20,22). The van der Waals surface area contributed by atoms with Gasteiger partial charge >= 0.3 is 6.03 Å². The summed E-state index contributed by atoms with van der Waals surface area (Å²) in [6.45, 7) is 18.9. The Morgan fingerprint density at radius 3 is 1.95 bits per heavy atom. The molecule has 0 fully saturated rings. The highest BCUT2D eigenvalue weighted by atomic mass is 16.2. The van der Waals surface area contributed by atoms with Crippen molar-refractivity contribution in [2.75, 3.05) is 6.54 Å². The van der Waals surface area contributed by atoms with Gasteiger partial charge in [-0.2, -0.15) is 0 Å². The zero-order valence-corrected chi connectivity index (χ0v) is 16.1. The number of amides is 2. The number of nitrogens with two attached hydrogens (primary N) is 1. The Labute approximate surface area is 138 Å². The van der Waals surface area contributed by atoms with Gasteiger partial charge in [0, 0.05) is 5.54 Å². The molecule has 2 atom stereocenters. The van der Waals surface area contributed by atoms with Crippen molar-refractivity contribution in [1.29, 1.82) is 0 Å². The maximum atomic E-state index is 11.3. The van der Waals surface area contributed by atoms with Crippen molar-refractivity contribution in [3.8, 4) is 0 Å². The summed E-state index contributed by atoms with van der Waals surface area (Å²) in [7, 11) is 0. The van der Waals surface area contributed by atoms with Crippen LogP contribution in [-0.4, -0.2) is 29.2 Å². The molecule has 2 unspecified atom stereocenters. The van der Waals surface area contributed by atoms with Crippen LogP contribution in [0.5, 0.6) is 0 Å². The van der Waals surface area contributed by atoms with Gasteiger partial charge in [-0.25, -0.2) is 4.79 Å². The lowest BCUT2D eigenvalue weighted by atomic mass is 9.73. The molecule has 2 amide bonds. The van der Waals surface area contributed by atoms with Crippen LogP contribution in [0.1, 0.15) is 74.7 Å². The van der Waals surface area contributed by atoms with Gasteiger partial charge in [-0.15, -0.1) is 0 Å². The molecule has 0 aromatic rings. The van der Waals surface area contributed by atoms with Crippen LogP contribution in [0.2, 0.25) is 0 Å². The van der Waals surface area contributed by atoms with E-state index in [9.17, 15) is 4.79 Å². The van der Waals surface area contributed by atoms with Crippen molar-refractivity contribution in [1.82, 2.24) is 10.2 Å². The van der Waals surface area contributed by atoms with E-state index in [1.807, 2.05) is 6.92 Å². The van der Waals surface area contributed by atoms with Gasteiger partial charge in [0.15, 0.2) is 0 Å². The van der Waals surface area contributed by atoms with Crippen LogP contribution in [0.25, 0.3) is 0 Å². The molecule has 0 heterocycles.